The summed E-state index contributed by atoms with van der Waals surface area (Å²) < 4.78 is 40.1. The zero-order valence-corrected chi connectivity index (χ0v) is 12.5. The van der Waals surface area contributed by atoms with Gasteiger partial charge in [0, 0.05) is 30.3 Å². The summed E-state index contributed by atoms with van der Waals surface area (Å²) in [6, 6.07) is 2.29. The van der Waals surface area contributed by atoms with Gasteiger partial charge in [0.05, 0.1) is 4.90 Å². The van der Waals surface area contributed by atoms with E-state index in [2.05, 4.69) is 10.0 Å². The van der Waals surface area contributed by atoms with Crippen LogP contribution in [0.4, 0.5) is 10.1 Å². The number of rotatable bonds is 6. The largest absolute Gasteiger partial charge is 0.399 e. The van der Waals surface area contributed by atoms with E-state index < -0.39 is 15.8 Å². The second-order valence-corrected chi connectivity index (χ2v) is 6.82. The fourth-order valence-electron chi connectivity index (χ4n) is 1.89. The van der Waals surface area contributed by atoms with Crippen molar-refractivity contribution in [2.45, 2.75) is 24.7 Å². The van der Waals surface area contributed by atoms with Gasteiger partial charge in [0.15, 0.2) is 0 Å². The number of amides is 1. The second-order valence-electron chi connectivity index (χ2n) is 5.09. The third kappa shape index (κ3) is 3.92. The summed E-state index contributed by atoms with van der Waals surface area (Å²) >= 11 is 0. The minimum atomic E-state index is -3.86. The zero-order valence-electron chi connectivity index (χ0n) is 11.6. The molecule has 1 amide bonds. The van der Waals surface area contributed by atoms with Crippen molar-refractivity contribution in [1.29, 1.82) is 0 Å². The van der Waals surface area contributed by atoms with Crippen LogP contribution in [-0.2, 0) is 14.8 Å². The molecule has 0 aliphatic heterocycles. The van der Waals surface area contributed by atoms with E-state index in [4.69, 9.17) is 5.73 Å². The number of nitrogens with one attached hydrogen (secondary N) is 2. The lowest BCUT2D eigenvalue weighted by atomic mass is 10.2. The highest BCUT2D eigenvalue weighted by Gasteiger charge is 2.29. The van der Waals surface area contributed by atoms with Gasteiger partial charge >= 0.3 is 0 Å². The summed E-state index contributed by atoms with van der Waals surface area (Å²) in [5.74, 6) is -0.648. The molecule has 8 heteroatoms. The minimum Gasteiger partial charge on any atom is -0.399 e. The summed E-state index contributed by atoms with van der Waals surface area (Å²) in [4.78, 5) is 11.2. The third-order valence-corrected chi connectivity index (χ3v) is 4.86. The number of carbonyl (C=O) groups is 1. The molecule has 0 spiro atoms. The topological polar surface area (TPSA) is 101 Å². The molecule has 1 aromatic rings. The molecule has 0 unspecified atom stereocenters. The Balaban J connectivity index is 1.96. The molecule has 2 rings (SSSR count). The molecule has 116 valence electrons. The number of nitrogens with two attached hydrogens (primary N) is 1. The monoisotopic (exact) mass is 315 g/mol. The quantitative estimate of drug-likeness (QED) is 0.526. The van der Waals surface area contributed by atoms with E-state index in [9.17, 15) is 17.6 Å². The van der Waals surface area contributed by atoms with Crippen LogP contribution in [0.2, 0.25) is 0 Å². The molecule has 6 nitrogen and oxygen atoms in total. The molecule has 4 N–H and O–H groups in total. The van der Waals surface area contributed by atoms with Crippen LogP contribution in [0.15, 0.2) is 17.0 Å². The van der Waals surface area contributed by atoms with Gasteiger partial charge in [-0.15, -0.1) is 0 Å². The SMILES string of the molecule is Cc1c(F)cc(N)cc1S(=O)(=O)NCCNC(=O)C1CC1. The second kappa shape index (κ2) is 5.98. The summed E-state index contributed by atoms with van der Waals surface area (Å²) in [6.07, 6.45) is 1.78. The summed E-state index contributed by atoms with van der Waals surface area (Å²) in [5.41, 5.74) is 5.53. The molecule has 0 atom stereocenters. The Kier molecular flexibility index (Phi) is 4.48. The van der Waals surface area contributed by atoms with Gasteiger partial charge in [0.1, 0.15) is 5.82 Å². The van der Waals surface area contributed by atoms with E-state index >= 15 is 0 Å². The number of carbonyl (C=O) groups excluding carboxylic acids is 1. The summed E-state index contributed by atoms with van der Waals surface area (Å²) in [7, 11) is -3.86. The van der Waals surface area contributed by atoms with Crippen LogP contribution in [0.1, 0.15) is 18.4 Å². The van der Waals surface area contributed by atoms with Gasteiger partial charge in [0.25, 0.3) is 0 Å². The van der Waals surface area contributed by atoms with Gasteiger partial charge in [0.2, 0.25) is 15.9 Å². The molecule has 0 bridgehead atoms. The maximum Gasteiger partial charge on any atom is 0.241 e. The van der Waals surface area contributed by atoms with Crippen LogP contribution in [0.3, 0.4) is 0 Å². The Labute approximate surface area is 123 Å². The van der Waals surface area contributed by atoms with Crippen molar-refractivity contribution >= 4 is 21.6 Å². The Morgan fingerprint density at radius 1 is 1.38 bits per heavy atom. The molecule has 0 saturated heterocycles. The van der Waals surface area contributed by atoms with Crippen molar-refractivity contribution in [2.75, 3.05) is 18.8 Å². The first-order valence-electron chi connectivity index (χ1n) is 6.64. The minimum absolute atomic E-state index is 0.0127. The number of sulfonamides is 1. The highest BCUT2D eigenvalue weighted by Crippen LogP contribution is 2.28. The molecule has 1 saturated carbocycles. The van der Waals surface area contributed by atoms with Crippen LogP contribution in [0, 0.1) is 18.7 Å². The van der Waals surface area contributed by atoms with Crippen molar-refractivity contribution in [3.63, 3.8) is 0 Å². The van der Waals surface area contributed by atoms with Crippen LogP contribution in [0.5, 0.6) is 0 Å². The standard InChI is InChI=1S/C13H18FN3O3S/c1-8-11(14)6-10(15)7-12(8)21(19,20)17-5-4-16-13(18)9-2-3-9/h6-7,9,17H,2-5,15H2,1H3,(H,16,18). The predicted octanol–water partition coefficient (Wildman–Crippen LogP) is 0.521. The molecule has 1 aromatic carbocycles. The number of anilines is 1. The molecule has 0 heterocycles. The van der Waals surface area contributed by atoms with E-state index in [1.807, 2.05) is 0 Å². The third-order valence-electron chi connectivity index (χ3n) is 3.27. The number of benzene rings is 1. The molecule has 1 aliphatic rings. The van der Waals surface area contributed by atoms with Gasteiger partial charge in [-0.25, -0.2) is 17.5 Å². The smallest absolute Gasteiger partial charge is 0.241 e. The Morgan fingerprint density at radius 3 is 2.67 bits per heavy atom. The summed E-state index contributed by atoms with van der Waals surface area (Å²) in [6.45, 7) is 1.60. The molecule has 0 radical (unpaired) electrons. The molecule has 1 fully saturated rings. The fraction of sp³-hybridized carbons (Fsp3) is 0.462. The van der Waals surface area contributed by atoms with Crippen LogP contribution < -0.4 is 15.8 Å². The van der Waals surface area contributed by atoms with E-state index in [1.165, 1.54) is 13.0 Å². The first kappa shape index (κ1) is 15.7. The lowest BCUT2D eigenvalue weighted by molar-refractivity contribution is -0.122. The maximum atomic E-state index is 13.5. The van der Waals surface area contributed by atoms with Crippen LogP contribution >= 0.6 is 0 Å². The molecule has 21 heavy (non-hydrogen) atoms. The fourth-order valence-corrected chi connectivity index (χ4v) is 3.21. The average molecular weight is 315 g/mol. The molecular formula is C13H18FN3O3S. The van der Waals surface area contributed by atoms with Crippen LogP contribution in [0.25, 0.3) is 0 Å². The van der Waals surface area contributed by atoms with E-state index in [0.717, 1.165) is 18.9 Å². The van der Waals surface area contributed by atoms with Crippen molar-refractivity contribution in [2.24, 2.45) is 5.92 Å². The Morgan fingerprint density at radius 2 is 2.05 bits per heavy atom. The molecule has 0 aromatic heterocycles. The lowest BCUT2D eigenvalue weighted by Crippen LogP contribution is -2.35. The van der Waals surface area contributed by atoms with Gasteiger partial charge in [-0.3, -0.25) is 4.79 Å². The van der Waals surface area contributed by atoms with Crippen LogP contribution in [-0.4, -0.2) is 27.4 Å². The van der Waals surface area contributed by atoms with Crippen molar-refractivity contribution in [1.82, 2.24) is 10.0 Å². The van der Waals surface area contributed by atoms with E-state index in [-0.39, 0.29) is 41.1 Å². The normalized spacial score (nSPS) is 15.0. The van der Waals surface area contributed by atoms with E-state index in [1.54, 1.807) is 0 Å². The number of halogens is 1. The molecular weight excluding hydrogens is 297 g/mol. The van der Waals surface area contributed by atoms with Gasteiger partial charge in [-0.05, 0) is 31.9 Å². The van der Waals surface area contributed by atoms with Gasteiger partial charge in [-0.1, -0.05) is 0 Å². The Bertz CT molecular complexity index is 657. The predicted molar refractivity (Wildman–Crippen MR) is 76.5 cm³/mol. The molecule has 1 aliphatic carbocycles. The van der Waals surface area contributed by atoms with Gasteiger partial charge < -0.3 is 11.1 Å². The number of hydrogen-bond acceptors (Lipinski definition) is 4. The van der Waals surface area contributed by atoms with Crippen molar-refractivity contribution in [3.8, 4) is 0 Å². The number of hydrogen-bond donors (Lipinski definition) is 3. The average Bonchev–Trinajstić information content (AvgIpc) is 3.23. The lowest BCUT2D eigenvalue weighted by Gasteiger charge is -2.11. The van der Waals surface area contributed by atoms with Crippen molar-refractivity contribution < 1.29 is 17.6 Å². The highest BCUT2D eigenvalue weighted by atomic mass is 32.2. The highest BCUT2D eigenvalue weighted by molar-refractivity contribution is 7.89. The number of nitrogen functional groups attached to an aromatic ring is 1. The zero-order chi connectivity index (χ0) is 15.6. The Hall–Kier alpha value is -1.67. The van der Waals surface area contributed by atoms with Gasteiger partial charge in [-0.2, -0.15) is 0 Å². The van der Waals surface area contributed by atoms with E-state index in [0.29, 0.717) is 0 Å². The summed E-state index contributed by atoms with van der Waals surface area (Å²) in [5, 5.41) is 2.64. The first-order valence-corrected chi connectivity index (χ1v) is 8.12. The van der Waals surface area contributed by atoms with Crippen molar-refractivity contribution in [3.05, 3.63) is 23.5 Å². The maximum absolute atomic E-state index is 13.5. The first-order chi connectivity index (χ1) is 9.81.